The summed E-state index contributed by atoms with van der Waals surface area (Å²) in [5, 5.41) is 4.96. The van der Waals surface area contributed by atoms with Crippen molar-refractivity contribution in [2.24, 2.45) is 0 Å². The Hall–Kier alpha value is -1.11. The Balaban J connectivity index is 1.46. The lowest BCUT2D eigenvalue weighted by Crippen LogP contribution is -2.50. The first-order valence-corrected chi connectivity index (χ1v) is 7.48. The number of carbonyl (C=O) groups excluding carboxylic acids is 1. The minimum atomic E-state index is -0.412. The van der Waals surface area contributed by atoms with Crippen LogP contribution < -0.4 is 5.32 Å². The first kappa shape index (κ1) is 12.9. The second kappa shape index (κ2) is 5.48. The predicted octanol–water partition coefficient (Wildman–Crippen LogP) is 1.80. The third-order valence-electron chi connectivity index (χ3n) is 3.62. The Bertz CT molecular complexity index is 419. The summed E-state index contributed by atoms with van der Waals surface area (Å²) in [5.41, 5.74) is 0. The summed E-state index contributed by atoms with van der Waals surface area (Å²) in [6, 6.07) is 4.02. The molecule has 0 atom stereocenters. The minimum absolute atomic E-state index is 0.00115. The van der Waals surface area contributed by atoms with Gasteiger partial charge in [0, 0.05) is 30.8 Å². The van der Waals surface area contributed by atoms with E-state index in [1.165, 1.54) is 4.88 Å². The number of ether oxygens (including phenoxy) is 2. The van der Waals surface area contributed by atoms with E-state index in [9.17, 15) is 4.79 Å². The van der Waals surface area contributed by atoms with E-state index in [-0.39, 0.29) is 6.03 Å². The molecule has 6 heteroatoms. The zero-order valence-corrected chi connectivity index (χ0v) is 11.6. The maximum absolute atomic E-state index is 12.0. The molecule has 2 aliphatic heterocycles. The van der Waals surface area contributed by atoms with E-state index in [0.29, 0.717) is 32.8 Å². The molecule has 5 nitrogen and oxygen atoms in total. The topological polar surface area (TPSA) is 50.8 Å². The van der Waals surface area contributed by atoms with Crippen LogP contribution in [-0.2, 0) is 16.0 Å². The highest BCUT2D eigenvalue weighted by Crippen LogP contribution is 2.31. The van der Waals surface area contributed by atoms with Gasteiger partial charge in [0.1, 0.15) is 0 Å². The number of urea groups is 1. The number of carbonyl (C=O) groups is 1. The Morgan fingerprint density at radius 2 is 2.11 bits per heavy atom. The van der Waals surface area contributed by atoms with E-state index in [1.54, 1.807) is 11.3 Å². The average Bonchev–Trinajstić information content (AvgIpc) is 3.09. The molecule has 3 heterocycles. The average molecular weight is 282 g/mol. The fraction of sp³-hybridized carbons (Fsp3) is 0.615. The normalized spacial score (nSPS) is 21.8. The number of piperidine rings is 1. The maximum Gasteiger partial charge on any atom is 0.317 e. The predicted molar refractivity (Wildman–Crippen MR) is 72.0 cm³/mol. The molecule has 104 valence electrons. The molecule has 0 saturated carbocycles. The molecule has 2 aliphatic rings. The van der Waals surface area contributed by atoms with Crippen LogP contribution in [0, 0.1) is 0 Å². The molecular formula is C13H18N2O3S. The molecule has 0 bridgehead atoms. The first-order chi connectivity index (χ1) is 9.27. The molecule has 0 aromatic carbocycles. The summed E-state index contributed by atoms with van der Waals surface area (Å²) < 4.78 is 11.3. The van der Waals surface area contributed by atoms with Gasteiger partial charge in [-0.1, -0.05) is 6.07 Å². The van der Waals surface area contributed by atoms with Gasteiger partial charge in [0.15, 0.2) is 5.79 Å². The molecule has 2 saturated heterocycles. The van der Waals surface area contributed by atoms with Gasteiger partial charge in [-0.15, -0.1) is 11.3 Å². The van der Waals surface area contributed by atoms with Crippen molar-refractivity contribution in [2.45, 2.75) is 25.2 Å². The van der Waals surface area contributed by atoms with Crippen LogP contribution in [0.3, 0.4) is 0 Å². The molecule has 0 radical (unpaired) electrons. The number of nitrogens with one attached hydrogen (secondary N) is 1. The SMILES string of the molecule is O=C(NCc1cccs1)N1CCC2(CC1)OCCO2. The molecule has 0 aliphatic carbocycles. The molecule has 0 unspecified atom stereocenters. The molecule has 19 heavy (non-hydrogen) atoms. The number of hydrogen-bond donors (Lipinski definition) is 1. The van der Waals surface area contributed by atoms with Crippen molar-refractivity contribution >= 4 is 17.4 Å². The standard InChI is InChI=1S/C13H18N2O3S/c16-12(14-10-11-2-1-9-19-11)15-5-3-13(4-6-15)17-7-8-18-13/h1-2,9H,3-8,10H2,(H,14,16). The van der Waals surface area contributed by atoms with Gasteiger partial charge in [0.2, 0.25) is 0 Å². The maximum atomic E-state index is 12.0. The highest BCUT2D eigenvalue weighted by atomic mass is 32.1. The number of nitrogens with zero attached hydrogens (tertiary/aromatic N) is 1. The summed E-state index contributed by atoms with van der Waals surface area (Å²) in [4.78, 5) is 15.0. The summed E-state index contributed by atoms with van der Waals surface area (Å²) >= 11 is 1.65. The molecule has 1 spiro atoms. The number of hydrogen-bond acceptors (Lipinski definition) is 4. The summed E-state index contributed by atoms with van der Waals surface area (Å²) in [6.45, 7) is 3.33. The Morgan fingerprint density at radius 3 is 2.74 bits per heavy atom. The van der Waals surface area contributed by atoms with Gasteiger partial charge in [-0.3, -0.25) is 0 Å². The van der Waals surface area contributed by atoms with Gasteiger partial charge < -0.3 is 19.7 Å². The molecule has 3 rings (SSSR count). The fourth-order valence-electron chi connectivity index (χ4n) is 2.52. The molecule has 1 N–H and O–H groups in total. The Labute approximate surface area is 116 Å². The largest absolute Gasteiger partial charge is 0.347 e. The molecular weight excluding hydrogens is 264 g/mol. The highest BCUT2D eigenvalue weighted by molar-refractivity contribution is 7.09. The minimum Gasteiger partial charge on any atom is -0.347 e. The van der Waals surface area contributed by atoms with E-state index in [1.807, 2.05) is 22.4 Å². The number of amides is 2. The second-order valence-corrected chi connectivity index (χ2v) is 5.86. The van der Waals surface area contributed by atoms with Gasteiger partial charge in [0.05, 0.1) is 19.8 Å². The molecule has 2 fully saturated rings. The lowest BCUT2D eigenvalue weighted by atomic mass is 10.0. The van der Waals surface area contributed by atoms with Crippen LogP contribution in [0.4, 0.5) is 4.79 Å². The first-order valence-electron chi connectivity index (χ1n) is 6.61. The van der Waals surface area contributed by atoms with Crippen LogP contribution in [0.25, 0.3) is 0 Å². The third kappa shape index (κ3) is 2.91. The van der Waals surface area contributed by atoms with Crippen LogP contribution in [0.2, 0.25) is 0 Å². The van der Waals surface area contributed by atoms with Crippen LogP contribution >= 0.6 is 11.3 Å². The van der Waals surface area contributed by atoms with Gasteiger partial charge in [-0.05, 0) is 11.4 Å². The monoisotopic (exact) mass is 282 g/mol. The van der Waals surface area contributed by atoms with Gasteiger partial charge in [-0.2, -0.15) is 0 Å². The van der Waals surface area contributed by atoms with Crippen molar-refractivity contribution in [1.82, 2.24) is 10.2 Å². The van der Waals surface area contributed by atoms with Crippen molar-refractivity contribution in [2.75, 3.05) is 26.3 Å². The Morgan fingerprint density at radius 1 is 1.37 bits per heavy atom. The summed E-state index contributed by atoms with van der Waals surface area (Å²) in [7, 11) is 0. The van der Waals surface area contributed by atoms with Crippen LogP contribution in [0.1, 0.15) is 17.7 Å². The van der Waals surface area contributed by atoms with E-state index in [2.05, 4.69) is 5.32 Å². The van der Waals surface area contributed by atoms with E-state index >= 15 is 0 Å². The highest BCUT2D eigenvalue weighted by Gasteiger charge is 2.40. The smallest absolute Gasteiger partial charge is 0.317 e. The number of likely N-dealkylation sites (tertiary alicyclic amines) is 1. The zero-order chi connectivity index (χ0) is 13.1. The van der Waals surface area contributed by atoms with Crippen LogP contribution in [-0.4, -0.2) is 43.0 Å². The van der Waals surface area contributed by atoms with Crippen molar-refractivity contribution in [3.8, 4) is 0 Å². The van der Waals surface area contributed by atoms with Gasteiger partial charge >= 0.3 is 6.03 Å². The lowest BCUT2D eigenvalue weighted by molar-refractivity contribution is -0.181. The van der Waals surface area contributed by atoms with Crippen LogP contribution in [0.15, 0.2) is 17.5 Å². The quantitative estimate of drug-likeness (QED) is 0.900. The summed E-state index contributed by atoms with van der Waals surface area (Å²) in [6.07, 6.45) is 1.53. The van der Waals surface area contributed by atoms with Crippen LogP contribution in [0.5, 0.6) is 0 Å². The van der Waals surface area contributed by atoms with E-state index in [0.717, 1.165) is 12.8 Å². The molecule has 2 amide bonds. The van der Waals surface area contributed by atoms with Crippen molar-refractivity contribution < 1.29 is 14.3 Å². The van der Waals surface area contributed by atoms with E-state index < -0.39 is 5.79 Å². The fourth-order valence-corrected chi connectivity index (χ4v) is 3.17. The third-order valence-corrected chi connectivity index (χ3v) is 4.50. The lowest BCUT2D eigenvalue weighted by Gasteiger charge is -2.37. The van der Waals surface area contributed by atoms with Gasteiger partial charge in [0.25, 0.3) is 0 Å². The molecule has 1 aromatic rings. The number of rotatable bonds is 2. The molecule has 1 aromatic heterocycles. The second-order valence-electron chi connectivity index (χ2n) is 4.83. The zero-order valence-electron chi connectivity index (χ0n) is 10.8. The van der Waals surface area contributed by atoms with Crippen molar-refractivity contribution in [1.29, 1.82) is 0 Å². The van der Waals surface area contributed by atoms with Gasteiger partial charge in [-0.25, -0.2) is 4.79 Å². The van der Waals surface area contributed by atoms with Crippen molar-refractivity contribution in [3.05, 3.63) is 22.4 Å². The van der Waals surface area contributed by atoms with Crippen molar-refractivity contribution in [3.63, 3.8) is 0 Å². The van der Waals surface area contributed by atoms with E-state index in [4.69, 9.17) is 9.47 Å². The number of thiophene rings is 1. The summed E-state index contributed by atoms with van der Waals surface area (Å²) in [5.74, 6) is -0.412. The Kier molecular flexibility index (Phi) is 3.72.